The monoisotopic (exact) mass is 384 g/mol. The summed E-state index contributed by atoms with van der Waals surface area (Å²) in [5.74, 6) is -0.758. The van der Waals surface area contributed by atoms with E-state index >= 15 is 0 Å². The van der Waals surface area contributed by atoms with Gasteiger partial charge in [-0.15, -0.1) is 0 Å². The van der Waals surface area contributed by atoms with Gasteiger partial charge in [-0.1, -0.05) is 22.0 Å². The Morgan fingerprint density at radius 1 is 1.26 bits per heavy atom. The molecule has 0 unspecified atom stereocenters. The number of hydrogen-bond acceptors (Lipinski definition) is 3. The Hall–Kier alpha value is -2.42. The van der Waals surface area contributed by atoms with Gasteiger partial charge in [0.1, 0.15) is 5.69 Å². The Labute approximate surface area is 136 Å². The number of nitrogens with one attached hydrogen (secondary N) is 2. The smallest absolute Gasteiger partial charge is 0.319 e. The highest BCUT2D eigenvalue weighted by atomic mass is 79.9. The van der Waals surface area contributed by atoms with Crippen LogP contribution in [0, 0.1) is 0 Å². The van der Waals surface area contributed by atoms with Gasteiger partial charge in [0.05, 0.1) is 11.2 Å². The van der Waals surface area contributed by atoms with E-state index in [1.54, 1.807) is 35.6 Å². The molecule has 0 atom stereocenters. The maximum absolute atomic E-state index is 12.5. The van der Waals surface area contributed by atoms with Crippen molar-refractivity contribution in [2.45, 2.75) is 6.18 Å². The summed E-state index contributed by atoms with van der Waals surface area (Å²) in [6, 6.07) is 7.52. The molecule has 0 spiro atoms. The second kappa shape index (κ2) is 5.65. The lowest BCUT2D eigenvalue weighted by molar-refractivity contribution is -0.141. The lowest BCUT2D eigenvalue weighted by Gasteiger charge is -2.08. The molecule has 0 bridgehead atoms. The Bertz CT molecular complexity index is 891. The van der Waals surface area contributed by atoms with Crippen molar-refractivity contribution < 1.29 is 18.0 Å². The number of nitrogens with zero attached hydrogens (tertiary/aromatic N) is 2. The van der Waals surface area contributed by atoms with E-state index in [0.717, 1.165) is 9.86 Å². The quantitative estimate of drug-likeness (QED) is 0.701. The first-order valence-corrected chi connectivity index (χ1v) is 7.13. The third-order valence-corrected chi connectivity index (χ3v) is 3.77. The minimum absolute atomic E-state index is 0.357. The van der Waals surface area contributed by atoms with Crippen LogP contribution in [0.3, 0.4) is 0 Å². The number of halogens is 4. The zero-order valence-electron chi connectivity index (χ0n) is 11.3. The summed E-state index contributed by atoms with van der Waals surface area (Å²) in [6.45, 7) is 0. The minimum atomic E-state index is -4.59. The number of pyridine rings is 1. The first kappa shape index (κ1) is 15.5. The number of carbonyl (C=O) groups is 1. The van der Waals surface area contributed by atoms with Crippen LogP contribution in [0.1, 0.15) is 16.2 Å². The van der Waals surface area contributed by atoms with E-state index in [4.69, 9.17) is 0 Å². The molecule has 0 saturated carbocycles. The normalized spacial score (nSPS) is 11.7. The predicted molar refractivity (Wildman–Crippen MR) is 81.0 cm³/mol. The van der Waals surface area contributed by atoms with Gasteiger partial charge in [0.25, 0.3) is 5.91 Å². The summed E-state index contributed by atoms with van der Waals surface area (Å²) >= 11 is 3.37. The molecule has 9 heteroatoms. The summed E-state index contributed by atoms with van der Waals surface area (Å²) < 4.78 is 38.4. The number of H-pyrrole nitrogens is 1. The lowest BCUT2D eigenvalue weighted by atomic mass is 10.2. The van der Waals surface area contributed by atoms with Gasteiger partial charge in [0.2, 0.25) is 0 Å². The molecule has 0 aliphatic heterocycles. The fraction of sp³-hybridized carbons (Fsp3) is 0.0714. The molecule has 2 heterocycles. The molecule has 0 radical (unpaired) electrons. The first-order valence-electron chi connectivity index (χ1n) is 6.33. The van der Waals surface area contributed by atoms with Crippen molar-refractivity contribution in [1.29, 1.82) is 0 Å². The fourth-order valence-electron chi connectivity index (χ4n) is 2.01. The Balaban J connectivity index is 1.92. The van der Waals surface area contributed by atoms with Crippen molar-refractivity contribution in [2.24, 2.45) is 0 Å². The third-order valence-electron chi connectivity index (χ3n) is 3.08. The number of aromatic nitrogens is 3. The van der Waals surface area contributed by atoms with Crippen LogP contribution >= 0.6 is 15.9 Å². The van der Waals surface area contributed by atoms with Gasteiger partial charge in [-0.3, -0.25) is 14.9 Å². The molecule has 2 N–H and O–H groups in total. The van der Waals surface area contributed by atoms with Gasteiger partial charge in [-0.05, 0) is 18.2 Å². The number of rotatable bonds is 2. The molecule has 2 aromatic heterocycles. The van der Waals surface area contributed by atoms with Gasteiger partial charge < -0.3 is 5.32 Å². The van der Waals surface area contributed by atoms with Crippen molar-refractivity contribution in [3.05, 3.63) is 52.4 Å². The van der Waals surface area contributed by atoms with Crippen LogP contribution in [0.2, 0.25) is 0 Å². The highest BCUT2D eigenvalue weighted by Crippen LogP contribution is 2.30. The second-order valence-corrected chi connectivity index (χ2v) is 5.47. The summed E-state index contributed by atoms with van der Waals surface area (Å²) in [7, 11) is 0. The summed E-state index contributed by atoms with van der Waals surface area (Å²) in [4.78, 5) is 16.3. The number of fused-ring (bicyclic) bond motifs is 1. The van der Waals surface area contributed by atoms with Crippen LogP contribution in [0.5, 0.6) is 0 Å². The van der Waals surface area contributed by atoms with Crippen molar-refractivity contribution in [1.82, 2.24) is 15.2 Å². The maximum atomic E-state index is 12.5. The minimum Gasteiger partial charge on any atom is -0.319 e. The van der Waals surface area contributed by atoms with Gasteiger partial charge in [-0.25, -0.2) is 0 Å². The van der Waals surface area contributed by atoms with Crippen molar-refractivity contribution in [2.75, 3.05) is 5.32 Å². The largest absolute Gasteiger partial charge is 0.432 e. The van der Waals surface area contributed by atoms with E-state index in [0.29, 0.717) is 17.3 Å². The van der Waals surface area contributed by atoms with Crippen LogP contribution in [0.25, 0.3) is 10.9 Å². The SMILES string of the molecule is O=C(Nc1ccc(Br)c2cccnc12)c1cc(C(F)(F)F)[nH]n1. The number of anilines is 1. The Kier molecular flexibility index (Phi) is 3.80. The van der Waals surface area contributed by atoms with Crippen LogP contribution < -0.4 is 5.32 Å². The lowest BCUT2D eigenvalue weighted by Crippen LogP contribution is -2.13. The average Bonchev–Trinajstić information content (AvgIpc) is 3.00. The van der Waals surface area contributed by atoms with E-state index < -0.39 is 17.8 Å². The number of alkyl halides is 3. The second-order valence-electron chi connectivity index (χ2n) is 4.61. The van der Waals surface area contributed by atoms with E-state index in [1.807, 2.05) is 0 Å². The molecule has 1 aromatic carbocycles. The highest BCUT2D eigenvalue weighted by Gasteiger charge is 2.33. The molecule has 1 amide bonds. The van der Waals surface area contributed by atoms with E-state index in [2.05, 4.69) is 31.3 Å². The van der Waals surface area contributed by atoms with Crippen LogP contribution in [-0.2, 0) is 6.18 Å². The summed E-state index contributed by atoms with van der Waals surface area (Å²) in [5, 5.41) is 8.48. The van der Waals surface area contributed by atoms with Gasteiger partial charge in [0.15, 0.2) is 5.69 Å². The van der Waals surface area contributed by atoms with Gasteiger partial charge >= 0.3 is 6.18 Å². The number of carbonyl (C=O) groups excluding carboxylic acids is 1. The molecule has 0 fully saturated rings. The molecule has 0 aliphatic carbocycles. The molecule has 3 aromatic rings. The van der Waals surface area contributed by atoms with E-state index in [-0.39, 0.29) is 5.69 Å². The standard InChI is InChI=1S/C14H8BrF3N4O/c15-8-3-4-9(12-7(8)2-1-5-19-12)20-13(23)10-6-11(22-21-10)14(16,17)18/h1-6H,(H,20,23)(H,21,22). The summed E-state index contributed by atoms with van der Waals surface area (Å²) in [6.07, 6.45) is -3.03. The van der Waals surface area contributed by atoms with Crippen molar-refractivity contribution in [3.8, 4) is 0 Å². The molecule has 118 valence electrons. The average molecular weight is 385 g/mol. The molecular weight excluding hydrogens is 377 g/mol. The summed E-state index contributed by atoms with van der Waals surface area (Å²) in [5.41, 5.74) is -0.544. The molecule has 0 saturated heterocycles. The maximum Gasteiger partial charge on any atom is 0.432 e. The third kappa shape index (κ3) is 3.04. The van der Waals surface area contributed by atoms with E-state index in [9.17, 15) is 18.0 Å². The molecule has 3 rings (SSSR count). The number of amides is 1. The first-order chi connectivity index (χ1) is 10.9. The van der Waals surface area contributed by atoms with Crippen LogP contribution in [0.15, 0.2) is 41.0 Å². The zero-order valence-corrected chi connectivity index (χ0v) is 12.9. The number of aromatic amines is 1. The van der Waals surface area contributed by atoms with Crippen LogP contribution in [-0.4, -0.2) is 21.1 Å². The molecule has 5 nitrogen and oxygen atoms in total. The molecular formula is C14H8BrF3N4O. The Morgan fingerprint density at radius 3 is 2.74 bits per heavy atom. The highest BCUT2D eigenvalue weighted by molar-refractivity contribution is 9.10. The van der Waals surface area contributed by atoms with Crippen LogP contribution in [0.4, 0.5) is 18.9 Å². The molecule has 0 aliphatic rings. The topological polar surface area (TPSA) is 70.7 Å². The molecule has 23 heavy (non-hydrogen) atoms. The van der Waals surface area contributed by atoms with E-state index in [1.165, 1.54) is 0 Å². The number of hydrogen-bond donors (Lipinski definition) is 2. The zero-order chi connectivity index (χ0) is 16.6. The van der Waals surface area contributed by atoms with Gasteiger partial charge in [-0.2, -0.15) is 18.3 Å². The van der Waals surface area contributed by atoms with Crippen molar-refractivity contribution >= 4 is 38.4 Å². The van der Waals surface area contributed by atoms with Crippen molar-refractivity contribution in [3.63, 3.8) is 0 Å². The predicted octanol–water partition coefficient (Wildman–Crippen LogP) is 3.99. The van der Waals surface area contributed by atoms with Gasteiger partial charge in [0, 0.05) is 22.1 Å². The fourth-order valence-corrected chi connectivity index (χ4v) is 2.46. The number of benzene rings is 1. The Morgan fingerprint density at radius 2 is 2.04 bits per heavy atom.